The van der Waals surface area contributed by atoms with Gasteiger partial charge in [0, 0.05) is 13.1 Å². The minimum absolute atomic E-state index is 0.0681. The van der Waals surface area contributed by atoms with Crippen LogP contribution in [0.4, 0.5) is 0 Å². The third-order valence-electron chi connectivity index (χ3n) is 2.95. The number of fused-ring (bicyclic) bond motifs is 1. The fraction of sp³-hybridized carbons (Fsp3) is 0.462. The SMILES string of the molecule is CCCNC(=O)[C@H]1Cc2ccccc2CN1. The third kappa shape index (κ3) is 2.42. The lowest BCUT2D eigenvalue weighted by molar-refractivity contribution is -0.123. The van der Waals surface area contributed by atoms with Crippen molar-refractivity contribution in [3.05, 3.63) is 35.4 Å². The van der Waals surface area contributed by atoms with Crippen molar-refractivity contribution in [2.75, 3.05) is 6.54 Å². The van der Waals surface area contributed by atoms with Crippen LogP contribution in [-0.4, -0.2) is 18.5 Å². The van der Waals surface area contributed by atoms with Crippen LogP contribution in [0.5, 0.6) is 0 Å². The summed E-state index contributed by atoms with van der Waals surface area (Å²) in [5, 5.41) is 6.20. The molecule has 1 aromatic carbocycles. The molecule has 0 aromatic heterocycles. The fourth-order valence-corrected chi connectivity index (χ4v) is 2.01. The van der Waals surface area contributed by atoms with Crippen molar-refractivity contribution in [2.45, 2.75) is 32.4 Å². The lowest BCUT2D eigenvalue weighted by Crippen LogP contribution is -2.47. The van der Waals surface area contributed by atoms with Crippen LogP contribution in [0.15, 0.2) is 24.3 Å². The second-order valence-electron chi connectivity index (χ2n) is 4.20. The number of carbonyl (C=O) groups excluding carboxylic acids is 1. The Labute approximate surface area is 96.2 Å². The van der Waals surface area contributed by atoms with E-state index < -0.39 is 0 Å². The van der Waals surface area contributed by atoms with Gasteiger partial charge in [0.1, 0.15) is 0 Å². The first-order valence-corrected chi connectivity index (χ1v) is 5.89. The summed E-state index contributed by atoms with van der Waals surface area (Å²) in [5.74, 6) is 0.122. The maximum Gasteiger partial charge on any atom is 0.237 e. The summed E-state index contributed by atoms with van der Waals surface area (Å²) < 4.78 is 0. The Morgan fingerprint density at radius 2 is 2.19 bits per heavy atom. The van der Waals surface area contributed by atoms with E-state index in [4.69, 9.17) is 0 Å². The highest BCUT2D eigenvalue weighted by Crippen LogP contribution is 2.16. The summed E-state index contributed by atoms with van der Waals surface area (Å²) in [6.45, 7) is 3.61. The number of carbonyl (C=O) groups is 1. The van der Waals surface area contributed by atoms with Gasteiger partial charge >= 0.3 is 0 Å². The van der Waals surface area contributed by atoms with Crippen LogP contribution >= 0.6 is 0 Å². The summed E-state index contributed by atoms with van der Waals surface area (Å²) >= 11 is 0. The Kier molecular flexibility index (Phi) is 3.57. The topological polar surface area (TPSA) is 41.1 Å². The molecule has 1 atom stereocenters. The normalized spacial score (nSPS) is 18.9. The van der Waals surface area contributed by atoms with E-state index in [2.05, 4.69) is 29.7 Å². The number of hydrogen-bond donors (Lipinski definition) is 2. The van der Waals surface area contributed by atoms with E-state index in [-0.39, 0.29) is 11.9 Å². The molecule has 3 nitrogen and oxygen atoms in total. The molecule has 16 heavy (non-hydrogen) atoms. The van der Waals surface area contributed by atoms with E-state index in [9.17, 15) is 4.79 Å². The van der Waals surface area contributed by atoms with Gasteiger partial charge in [-0.25, -0.2) is 0 Å². The van der Waals surface area contributed by atoms with Gasteiger partial charge in [0.25, 0.3) is 0 Å². The quantitative estimate of drug-likeness (QED) is 0.801. The highest BCUT2D eigenvalue weighted by molar-refractivity contribution is 5.82. The number of nitrogens with one attached hydrogen (secondary N) is 2. The van der Waals surface area contributed by atoms with Gasteiger partial charge in [0.05, 0.1) is 6.04 Å². The van der Waals surface area contributed by atoms with Crippen molar-refractivity contribution >= 4 is 5.91 Å². The summed E-state index contributed by atoms with van der Waals surface area (Å²) in [7, 11) is 0. The van der Waals surface area contributed by atoms with Gasteiger partial charge in [0.2, 0.25) is 5.91 Å². The molecule has 0 unspecified atom stereocenters. The van der Waals surface area contributed by atoms with E-state index in [0.29, 0.717) is 0 Å². The Balaban J connectivity index is 1.99. The first-order chi connectivity index (χ1) is 7.81. The molecule has 1 aliphatic rings. The molecule has 1 aromatic rings. The molecule has 2 N–H and O–H groups in total. The molecule has 0 spiro atoms. The van der Waals surface area contributed by atoms with Gasteiger partial charge in [-0.3, -0.25) is 4.79 Å². The van der Waals surface area contributed by atoms with Crippen LogP contribution in [0.25, 0.3) is 0 Å². The predicted octanol–water partition coefficient (Wildman–Crippen LogP) is 1.23. The Morgan fingerprint density at radius 1 is 1.44 bits per heavy atom. The van der Waals surface area contributed by atoms with E-state index in [1.165, 1.54) is 11.1 Å². The highest BCUT2D eigenvalue weighted by atomic mass is 16.2. The summed E-state index contributed by atoms with van der Waals surface area (Å²) in [6.07, 6.45) is 1.78. The standard InChI is InChI=1S/C13H18N2O/c1-2-7-14-13(16)12-8-10-5-3-4-6-11(10)9-15-12/h3-6,12,15H,2,7-9H2,1H3,(H,14,16)/t12-/m1/s1. The fourth-order valence-electron chi connectivity index (χ4n) is 2.01. The molecule has 0 radical (unpaired) electrons. The van der Waals surface area contributed by atoms with Crippen molar-refractivity contribution < 1.29 is 4.79 Å². The minimum Gasteiger partial charge on any atom is -0.355 e. The second-order valence-corrected chi connectivity index (χ2v) is 4.20. The molecule has 2 rings (SSSR count). The van der Waals surface area contributed by atoms with Crippen LogP contribution in [0.1, 0.15) is 24.5 Å². The molecule has 1 amide bonds. The Hall–Kier alpha value is -1.35. The zero-order chi connectivity index (χ0) is 11.4. The van der Waals surface area contributed by atoms with Crippen LogP contribution in [0.3, 0.4) is 0 Å². The molecule has 1 heterocycles. The zero-order valence-corrected chi connectivity index (χ0v) is 9.62. The van der Waals surface area contributed by atoms with Gasteiger partial charge in [-0.1, -0.05) is 31.2 Å². The molecule has 0 saturated carbocycles. The number of amides is 1. The van der Waals surface area contributed by atoms with Gasteiger partial charge in [0.15, 0.2) is 0 Å². The average molecular weight is 218 g/mol. The first-order valence-electron chi connectivity index (χ1n) is 5.89. The molecular weight excluding hydrogens is 200 g/mol. The lowest BCUT2D eigenvalue weighted by atomic mass is 9.95. The summed E-state index contributed by atoms with van der Waals surface area (Å²) in [4.78, 5) is 11.8. The van der Waals surface area contributed by atoms with E-state index in [0.717, 1.165) is 25.9 Å². The first kappa shape index (κ1) is 11.1. The molecule has 0 saturated heterocycles. The van der Waals surface area contributed by atoms with Gasteiger partial charge < -0.3 is 10.6 Å². The van der Waals surface area contributed by atoms with Gasteiger partial charge in [-0.15, -0.1) is 0 Å². The van der Waals surface area contributed by atoms with E-state index in [1.54, 1.807) is 0 Å². The molecule has 0 bridgehead atoms. The van der Waals surface area contributed by atoms with Crippen LogP contribution in [0, 0.1) is 0 Å². The molecule has 1 aliphatic heterocycles. The van der Waals surface area contributed by atoms with Crippen molar-refractivity contribution in [2.24, 2.45) is 0 Å². The minimum atomic E-state index is -0.0681. The molecular formula is C13H18N2O. The smallest absolute Gasteiger partial charge is 0.237 e. The second kappa shape index (κ2) is 5.12. The van der Waals surface area contributed by atoms with Gasteiger partial charge in [-0.2, -0.15) is 0 Å². The summed E-state index contributed by atoms with van der Waals surface area (Å²) in [6, 6.07) is 8.23. The van der Waals surface area contributed by atoms with Crippen molar-refractivity contribution in [1.82, 2.24) is 10.6 Å². The van der Waals surface area contributed by atoms with Crippen LogP contribution < -0.4 is 10.6 Å². The lowest BCUT2D eigenvalue weighted by Gasteiger charge is -2.25. The third-order valence-corrected chi connectivity index (χ3v) is 2.95. The van der Waals surface area contributed by atoms with Crippen LogP contribution in [0.2, 0.25) is 0 Å². The predicted molar refractivity (Wildman–Crippen MR) is 64.1 cm³/mol. The maximum atomic E-state index is 11.8. The summed E-state index contributed by atoms with van der Waals surface area (Å²) in [5.41, 5.74) is 2.60. The number of benzene rings is 1. The maximum absolute atomic E-state index is 11.8. The van der Waals surface area contributed by atoms with Crippen LogP contribution in [-0.2, 0) is 17.8 Å². The average Bonchev–Trinajstić information content (AvgIpc) is 2.35. The Morgan fingerprint density at radius 3 is 2.94 bits per heavy atom. The van der Waals surface area contributed by atoms with Gasteiger partial charge in [-0.05, 0) is 24.0 Å². The van der Waals surface area contributed by atoms with Crippen molar-refractivity contribution in [3.63, 3.8) is 0 Å². The molecule has 0 aliphatic carbocycles. The number of rotatable bonds is 3. The van der Waals surface area contributed by atoms with Crippen molar-refractivity contribution in [3.8, 4) is 0 Å². The van der Waals surface area contributed by atoms with E-state index in [1.807, 2.05) is 12.1 Å². The monoisotopic (exact) mass is 218 g/mol. The van der Waals surface area contributed by atoms with Crippen molar-refractivity contribution in [1.29, 1.82) is 0 Å². The Bertz CT molecular complexity index is 376. The highest BCUT2D eigenvalue weighted by Gasteiger charge is 2.22. The molecule has 86 valence electrons. The molecule has 3 heteroatoms. The molecule has 0 fully saturated rings. The zero-order valence-electron chi connectivity index (χ0n) is 9.62. The number of hydrogen-bond acceptors (Lipinski definition) is 2. The van der Waals surface area contributed by atoms with E-state index >= 15 is 0 Å². The largest absolute Gasteiger partial charge is 0.355 e.